The molecule has 2 fully saturated rings. The van der Waals surface area contributed by atoms with Crippen molar-refractivity contribution in [3.8, 4) is 0 Å². The van der Waals surface area contributed by atoms with E-state index in [0.717, 1.165) is 32.6 Å². The monoisotopic (exact) mass is 391 g/mol. The summed E-state index contributed by atoms with van der Waals surface area (Å²) in [5.74, 6) is 0.0610. The molecule has 1 atom stereocenters. The standard InChI is InChI=1S/C24H29N3O2/c1-19-7-9-22(10-8-19)25-13-15-26(16-14-25)24(29)21-17-23(28)27(18-21)12-11-20-5-3-2-4-6-20/h2-10,21H,11-18H2,1H3. The number of amides is 2. The lowest BCUT2D eigenvalue weighted by Crippen LogP contribution is -2.50. The minimum absolute atomic E-state index is 0.109. The third-order valence-electron chi connectivity index (χ3n) is 6.07. The van der Waals surface area contributed by atoms with Gasteiger partial charge in [-0.2, -0.15) is 0 Å². The maximum Gasteiger partial charge on any atom is 0.228 e. The molecule has 2 amide bonds. The van der Waals surface area contributed by atoms with Gasteiger partial charge in [-0.25, -0.2) is 0 Å². The summed E-state index contributed by atoms with van der Waals surface area (Å²) in [5, 5.41) is 0. The Labute approximate surface area is 172 Å². The van der Waals surface area contributed by atoms with Gasteiger partial charge in [-0.3, -0.25) is 9.59 Å². The first kappa shape index (κ1) is 19.5. The van der Waals surface area contributed by atoms with Gasteiger partial charge >= 0.3 is 0 Å². The van der Waals surface area contributed by atoms with Gasteiger partial charge in [0.1, 0.15) is 0 Å². The predicted octanol–water partition coefficient (Wildman–Crippen LogP) is 2.73. The number of nitrogens with zero attached hydrogens (tertiary/aromatic N) is 3. The van der Waals surface area contributed by atoms with Crippen LogP contribution in [0.15, 0.2) is 54.6 Å². The van der Waals surface area contributed by atoms with Crippen LogP contribution in [-0.2, 0) is 16.0 Å². The van der Waals surface area contributed by atoms with Crippen molar-refractivity contribution < 1.29 is 9.59 Å². The van der Waals surface area contributed by atoms with Crippen molar-refractivity contribution in [1.82, 2.24) is 9.80 Å². The lowest BCUT2D eigenvalue weighted by atomic mass is 10.1. The maximum atomic E-state index is 13.0. The Morgan fingerprint density at radius 1 is 0.966 bits per heavy atom. The topological polar surface area (TPSA) is 43.9 Å². The zero-order valence-electron chi connectivity index (χ0n) is 17.1. The first-order chi connectivity index (χ1) is 14.1. The summed E-state index contributed by atoms with van der Waals surface area (Å²) in [6, 6.07) is 18.7. The van der Waals surface area contributed by atoms with Crippen molar-refractivity contribution in [3.05, 3.63) is 65.7 Å². The largest absolute Gasteiger partial charge is 0.368 e. The summed E-state index contributed by atoms with van der Waals surface area (Å²) in [5.41, 5.74) is 3.69. The Morgan fingerprint density at radius 3 is 2.34 bits per heavy atom. The lowest BCUT2D eigenvalue weighted by molar-refractivity contribution is -0.136. The Balaban J connectivity index is 1.28. The molecule has 2 aliphatic heterocycles. The van der Waals surface area contributed by atoms with E-state index < -0.39 is 0 Å². The normalized spacial score (nSPS) is 19.7. The quantitative estimate of drug-likeness (QED) is 0.787. The van der Waals surface area contributed by atoms with Crippen LogP contribution >= 0.6 is 0 Å². The second-order valence-electron chi connectivity index (χ2n) is 8.12. The number of hydrogen-bond donors (Lipinski definition) is 0. The SMILES string of the molecule is Cc1ccc(N2CCN(C(=O)C3CC(=O)N(CCc4ccccc4)C3)CC2)cc1. The molecule has 4 rings (SSSR count). The van der Waals surface area contributed by atoms with Gasteiger partial charge in [0.25, 0.3) is 0 Å². The highest BCUT2D eigenvalue weighted by Crippen LogP contribution is 2.23. The summed E-state index contributed by atoms with van der Waals surface area (Å²) < 4.78 is 0. The van der Waals surface area contributed by atoms with E-state index >= 15 is 0 Å². The van der Waals surface area contributed by atoms with Gasteiger partial charge in [0.15, 0.2) is 0 Å². The Morgan fingerprint density at radius 2 is 1.66 bits per heavy atom. The Bertz CT molecular complexity index is 842. The molecule has 0 saturated carbocycles. The molecule has 152 valence electrons. The average Bonchev–Trinajstić information content (AvgIpc) is 3.14. The van der Waals surface area contributed by atoms with Gasteiger partial charge in [-0.05, 0) is 31.0 Å². The van der Waals surface area contributed by atoms with Crippen LogP contribution in [-0.4, -0.2) is 60.9 Å². The van der Waals surface area contributed by atoms with Crippen LogP contribution < -0.4 is 4.90 Å². The van der Waals surface area contributed by atoms with Crippen LogP contribution in [0.5, 0.6) is 0 Å². The molecule has 2 aliphatic rings. The number of likely N-dealkylation sites (tertiary alicyclic amines) is 1. The number of aryl methyl sites for hydroxylation is 1. The molecule has 5 nitrogen and oxygen atoms in total. The molecule has 2 aromatic carbocycles. The van der Waals surface area contributed by atoms with Crippen molar-refractivity contribution in [1.29, 1.82) is 0 Å². The van der Waals surface area contributed by atoms with Crippen LogP contribution in [0.1, 0.15) is 17.5 Å². The van der Waals surface area contributed by atoms with Crippen LogP contribution in [0.4, 0.5) is 5.69 Å². The molecular weight excluding hydrogens is 362 g/mol. The number of rotatable bonds is 5. The van der Waals surface area contributed by atoms with Gasteiger partial charge in [0.2, 0.25) is 11.8 Å². The van der Waals surface area contributed by atoms with Crippen molar-refractivity contribution in [3.63, 3.8) is 0 Å². The van der Waals surface area contributed by atoms with Crippen molar-refractivity contribution in [2.45, 2.75) is 19.8 Å². The van der Waals surface area contributed by atoms with E-state index in [1.807, 2.05) is 28.0 Å². The molecule has 2 aromatic rings. The number of carbonyl (C=O) groups excluding carboxylic acids is 2. The van der Waals surface area contributed by atoms with E-state index in [0.29, 0.717) is 19.5 Å². The maximum absolute atomic E-state index is 13.0. The van der Waals surface area contributed by atoms with Gasteiger partial charge in [0.05, 0.1) is 5.92 Å². The minimum Gasteiger partial charge on any atom is -0.368 e. The predicted molar refractivity (Wildman–Crippen MR) is 115 cm³/mol. The Kier molecular flexibility index (Phi) is 5.84. The highest BCUT2D eigenvalue weighted by molar-refractivity contribution is 5.89. The number of carbonyl (C=O) groups is 2. The number of benzene rings is 2. The van der Waals surface area contributed by atoms with E-state index in [4.69, 9.17) is 0 Å². The summed E-state index contributed by atoms with van der Waals surface area (Å²) in [7, 11) is 0. The zero-order chi connectivity index (χ0) is 20.2. The van der Waals surface area contributed by atoms with Crippen LogP contribution in [0.2, 0.25) is 0 Å². The summed E-state index contributed by atoms with van der Waals surface area (Å²) in [6.07, 6.45) is 1.19. The van der Waals surface area contributed by atoms with E-state index in [9.17, 15) is 9.59 Å². The molecule has 0 aliphatic carbocycles. The first-order valence-corrected chi connectivity index (χ1v) is 10.5. The van der Waals surface area contributed by atoms with Crippen molar-refractivity contribution >= 4 is 17.5 Å². The second-order valence-corrected chi connectivity index (χ2v) is 8.12. The molecule has 0 N–H and O–H groups in total. The van der Waals surface area contributed by atoms with Gasteiger partial charge < -0.3 is 14.7 Å². The van der Waals surface area contributed by atoms with Crippen molar-refractivity contribution in [2.24, 2.45) is 5.92 Å². The lowest BCUT2D eigenvalue weighted by Gasteiger charge is -2.37. The van der Waals surface area contributed by atoms with E-state index in [1.54, 1.807) is 0 Å². The fourth-order valence-electron chi connectivity index (χ4n) is 4.26. The number of anilines is 1. The fourth-order valence-corrected chi connectivity index (χ4v) is 4.26. The molecular formula is C24H29N3O2. The summed E-state index contributed by atoms with van der Waals surface area (Å²) in [4.78, 5) is 31.5. The molecule has 29 heavy (non-hydrogen) atoms. The third-order valence-corrected chi connectivity index (χ3v) is 6.07. The highest BCUT2D eigenvalue weighted by Gasteiger charge is 2.37. The van der Waals surface area contributed by atoms with E-state index in [-0.39, 0.29) is 17.7 Å². The van der Waals surface area contributed by atoms with Crippen LogP contribution in [0.25, 0.3) is 0 Å². The number of piperazine rings is 1. The Hall–Kier alpha value is -2.82. The van der Waals surface area contributed by atoms with Crippen LogP contribution in [0, 0.1) is 12.8 Å². The fraction of sp³-hybridized carbons (Fsp3) is 0.417. The molecule has 0 aromatic heterocycles. The molecule has 2 heterocycles. The number of hydrogen-bond acceptors (Lipinski definition) is 3. The van der Waals surface area contributed by atoms with E-state index in [1.165, 1.54) is 16.8 Å². The molecule has 1 unspecified atom stereocenters. The minimum atomic E-state index is -0.191. The second kappa shape index (κ2) is 8.68. The molecule has 0 bridgehead atoms. The third kappa shape index (κ3) is 4.61. The summed E-state index contributed by atoms with van der Waals surface area (Å²) >= 11 is 0. The van der Waals surface area contributed by atoms with Gasteiger partial charge in [-0.1, -0.05) is 48.0 Å². The molecule has 2 saturated heterocycles. The molecule has 5 heteroatoms. The van der Waals surface area contributed by atoms with Crippen molar-refractivity contribution in [2.75, 3.05) is 44.2 Å². The molecule has 0 radical (unpaired) electrons. The van der Waals surface area contributed by atoms with Gasteiger partial charge in [0, 0.05) is 51.4 Å². The van der Waals surface area contributed by atoms with Gasteiger partial charge in [-0.15, -0.1) is 0 Å². The highest BCUT2D eigenvalue weighted by atomic mass is 16.2. The first-order valence-electron chi connectivity index (χ1n) is 10.5. The smallest absolute Gasteiger partial charge is 0.228 e. The molecule has 0 spiro atoms. The summed E-state index contributed by atoms with van der Waals surface area (Å²) in [6.45, 7) is 6.46. The van der Waals surface area contributed by atoms with E-state index in [2.05, 4.69) is 48.2 Å². The average molecular weight is 392 g/mol. The van der Waals surface area contributed by atoms with Crippen LogP contribution in [0.3, 0.4) is 0 Å². The zero-order valence-corrected chi connectivity index (χ0v) is 17.1.